The zero-order valence-electron chi connectivity index (χ0n) is 15.7. The molecule has 3 aromatic rings. The minimum Gasteiger partial charge on any atom is -0.373 e. The van der Waals surface area contributed by atoms with Crippen LogP contribution in [-0.2, 0) is 5.54 Å². The van der Waals surface area contributed by atoms with Gasteiger partial charge in [-0.05, 0) is 72.5 Å². The third-order valence-corrected chi connectivity index (χ3v) is 5.88. The lowest BCUT2D eigenvalue weighted by Crippen LogP contribution is -2.40. The minimum absolute atomic E-state index is 0.287. The molecule has 0 amide bonds. The lowest BCUT2D eigenvalue weighted by atomic mass is 9.80. The Morgan fingerprint density at radius 2 is 1.81 bits per heavy atom. The summed E-state index contributed by atoms with van der Waals surface area (Å²) >= 11 is 6.35. The number of rotatable bonds is 4. The first kappa shape index (κ1) is 18.0. The number of benzene rings is 2. The fourth-order valence-corrected chi connectivity index (χ4v) is 4.20. The SMILES string of the molecule is Cc1cccc(NC2(c3nnnn3-c3cccc(Cl)c3C)CCCCC2)c1. The van der Waals surface area contributed by atoms with Gasteiger partial charge in [-0.3, -0.25) is 0 Å². The number of halogens is 1. The molecule has 0 aliphatic heterocycles. The Hall–Kier alpha value is -2.40. The number of hydrogen-bond acceptors (Lipinski definition) is 4. The number of nitrogens with one attached hydrogen (secondary N) is 1. The number of tetrazole rings is 1. The van der Waals surface area contributed by atoms with Gasteiger partial charge < -0.3 is 5.32 Å². The van der Waals surface area contributed by atoms with E-state index in [4.69, 9.17) is 11.6 Å². The molecule has 1 heterocycles. The van der Waals surface area contributed by atoms with E-state index >= 15 is 0 Å². The molecule has 5 nitrogen and oxygen atoms in total. The standard InChI is InChI=1S/C21H24ClN5/c1-15-8-6-9-17(14-15)23-21(12-4-3-5-13-21)20-24-25-26-27(20)19-11-7-10-18(22)16(19)2/h6-11,14,23H,3-5,12-13H2,1-2H3. The maximum absolute atomic E-state index is 6.35. The van der Waals surface area contributed by atoms with Gasteiger partial charge in [0.25, 0.3) is 0 Å². The van der Waals surface area contributed by atoms with Crippen molar-refractivity contribution in [2.45, 2.75) is 51.5 Å². The van der Waals surface area contributed by atoms with Crippen LogP contribution in [0.3, 0.4) is 0 Å². The molecular formula is C21H24ClN5. The van der Waals surface area contributed by atoms with Crippen molar-refractivity contribution in [3.05, 3.63) is 64.4 Å². The average Bonchev–Trinajstić information content (AvgIpc) is 3.15. The van der Waals surface area contributed by atoms with E-state index in [2.05, 4.69) is 52.0 Å². The van der Waals surface area contributed by atoms with E-state index in [-0.39, 0.29) is 5.54 Å². The van der Waals surface area contributed by atoms with Crippen LogP contribution in [-0.4, -0.2) is 20.2 Å². The lowest BCUT2D eigenvalue weighted by molar-refractivity contribution is 0.309. The van der Waals surface area contributed by atoms with Gasteiger partial charge in [-0.1, -0.05) is 49.1 Å². The fraction of sp³-hybridized carbons (Fsp3) is 0.381. The van der Waals surface area contributed by atoms with Gasteiger partial charge in [0.1, 0.15) is 0 Å². The van der Waals surface area contributed by atoms with Crippen molar-refractivity contribution in [2.75, 3.05) is 5.32 Å². The van der Waals surface area contributed by atoms with E-state index in [0.717, 1.165) is 53.5 Å². The molecule has 27 heavy (non-hydrogen) atoms. The molecule has 0 spiro atoms. The highest BCUT2D eigenvalue weighted by Crippen LogP contribution is 2.40. The van der Waals surface area contributed by atoms with Crippen LogP contribution in [0.25, 0.3) is 5.69 Å². The molecule has 0 atom stereocenters. The maximum atomic E-state index is 6.35. The zero-order valence-corrected chi connectivity index (χ0v) is 16.5. The second-order valence-corrected chi connectivity index (χ2v) is 7.84. The highest BCUT2D eigenvalue weighted by atomic mass is 35.5. The first-order chi connectivity index (χ1) is 13.1. The van der Waals surface area contributed by atoms with E-state index < -0.39 is 0 Å². The molecule has 1 aliphatic rings. The summed E-state index contributed by atoms with van der Waals surface area (Å²) in [6.45, 7) is 4.11. The van der Waals surface area contributed by atoms with Crippen molar-refractivity contribution in [1.29, 1.82) is 0 Å². The molecule has 0 saturated heterocycles. The molecule has 0 unspecified atom stereocenters. The molecule has 4 rings (SSSR count). The molecule has 0 bridgehead atoms. The summed E-state index contributed by atoms with van der Waals surface area (Å²) in [6, 6.07) is 14.3. The van der Waals surface area contributed by atoms with Crippen LogP contribution < -0.4 is 5.32 Å². The second-order valence-electron chi connectivity index (χ2n) is 7.44. The number of aryl methyl sites for hydroxylation is 1. The molecule has 2 aromatic carbocycles. The Morgan fingerprint density at radius 1 is 1.04 bits per heavy atom. The van der Waals surface area contributed by atoms with E-state index in [1.54, 1.807) is 0 Å². The predicted molar refractivity (Wildman–Crippen MR) is 108 cm³/mol. The van der Waals surface area contributed by atoms with Crippen molar-refractivity contribution in [3.8, 4) is 5.69 Å². The second kappa shape index (κ2) is 7.31. The molecule has 6 heteroatoms. The summed E-state index contributed by atoms with van der Waals surface area (Å²) in [5.74, 6) is 0.856. The van der Waals surface area contributed by atoms with Crippen molar-refractivity contribution in [2.24, 2.45) is 0 Å². The summed E-state index contributed by atoms with van der Waals surface area (Å²) in [5, 5.41) is 17.3. The predicted octanol–water partition coefficient (Wildman–Crippen LogP) is 5.20. The van der Waals surface area contributed by atoms with Crippen molar-refractivity contribution >= 4 is 17.3 Å². The number of anilines is 1. The van der Waals surface area contributed by atoms with Gasteiger partial charge in [-0.2, -0.15) is 4.68 Å². The van der Waals surface area contributed by atoms with E-state index in [1.165, 1.54) is 12.0 Å². The van der Waals surface area contributed by atoms with Gasteiger partial charge in [0, 0.05) is 10.7 Å². The van der Waals surface area contributed by atoms with Gasteiger partial charge in [0.15, 0.2) is 5.82 Å². The first-order valence-electron chi connectivity index (χ1n) is 9.48. The average molecular weight is 382 g/mol. The topological polar surface area (TPSA) is 55.6 Å². The fourth-order valence-electron chi connectivity index (χ4n) is 4.03. The highest BCUT2D eigenvalue weighted by Gasteiger charge is 2.39. The highest BCUT2D eigenvalue weighted by molar-refractivity contribution is 6.31. The summed E-state index contributed by atoms with van der Waals surface area (Å²) in [4.78, 5) is 0. The summed E-state index contributed by atoms with van der Waals surface area (Å²) in [7, 11) is 0. The van der Waals surface area contributed by atoms with Crippen LogP contribution in [0, 0.1) is 13.8 Å². The normalized spacial score (nSPS) is 16.3. The third-order valence-electron chi connectivity index (χ3n) is 5.47. The van der Waals surface area contributed by atoms with Crippen molar-refractivity contribution in [3.63, 3.8) is 0 Å². The number of aromatic nitrogens is 4. The molecule has 1 aliphatic carbocycles. The Kier molecular flexibility index (Phi) is 4.87. The summed E-state index contributed by atoms with van der Waals surface area (Å²) in [5.41, 5.74) is 3.96. The van der Waals surface area contributed by atoms with E-state index in [0.29, 0.717) is 0 Å². The van der Waals surface area contributed by atoms with Gasteiger partial charge in [-0.25, -0.2) is 0 Å². The third kappa shape index (κ3) is 3.44. The van der Waals surface area contributed by atoms with Gasteiger partial charge >= 0.3 is 0 Å². The Bertz CT molecular complexity index is 943. The van der Waals surface area contributed by atoms with Crippen LogP contribution in [0.4, 0.5) is 5.69 Å². The first-order valence-corrected chi connectivity index (χ1v) is 9.86. The van der Waals surface area contributed by atoms with E-state index in [9.17, 15) is 0 Å². The Morgan fingerprint density at radius 3 is 2.59 bits per heavy atom. The maximum Gasteiger partial charge on any atom is 0.181 e. The van der Waals surface area contributed by atoms with Crippen LogP contribution in [0.5, 0.6) is 0 Å². The smallest absolute Gasteiger partial charge is 0.181 e. The monoisotopic (exact) mass is 381 g/mol. The molecular weight excluding hydrogens is 358 g/mol. The lowest BCUT2D eigenvalue weighted by Gasteiger charge is -2.37. The zero-order chi connectivity index (χ0) is 18.9. The minimum atomic E-state index is -0.287. The molecule has 1 N–H and O–H groups in total. The van der Waals surface area contributed by atoms with Crippen LogP contribution in [0.2, 0.25) is 5.02 Å². The quantitative estimate of drug-likeness (QED) is 0.674. The van der Waals surface area contributed by atoms with Gasteiger partial charge in [0.2, 0.25) is 0 Å². The largest absolute Gasteiger partial charge is 0.373 e. The molecule has 1 saturated carbocycles. The summed E-state index contributed by atoms with van der Waals surface area (Å²) < 4.78 is 1.86. The van der Waals surface area contributed by atoms with E-state index in [1.807, 2.05) is 29.8 Å². The van der Waals surface area contributed by atoms with Crippen LogP contribution in [0.15, 0.2) is 42.5 Å². The molecule has 0 radical (unpaired) electrons. The van der Waals surface area contributed by atoms with Crippen LogP contribution in [0.1, 0.15) is 49.1 Å². The molecule has 1 aromatic heterocycles. The van der Waals surface area contributed by atoms with Crippen LogP contribution >= 0.6 is 11.6 Å². The van der Waals surface area contributed by atoms with Crippen molar-refractivity contribution < 1.29 is 0 Å². The van der Waals surface area contributed by atoms with Gasteiger partial charge in [-0.15, -0.1) is 5.10 Å². The van der Waals surface area contributed by atoms with Crippen molar-refractivity contribution in [1.82, 2.24) is 20.2 Å². The number of nitrogens with zero attached hydrogens (tertiary/aromatic N) is 4. The molecule has 140 valence electrons. The Balaban J connectivity index is 1.81. The Labute approximate surface area is 164 Å². The van der Waals surface area contributed by atoms with Gasteiger partial charge in [0.05, 0.1) is 11.2 Å². The summed E-state index contributed by atoms with van der Waals surface area (Å²) in [6.07, 6.45) is 5.55. The number of hydrogen-bond donors (Lipinski definition) is 1. The molecule has 1 fully saturated rings.